The Kier molecular flexibility index (Phi) is 4.12. The van der Waals surface area contributed by atoms with Gasteiger partial charge in [0, 0.05) is 23.9 Å². The van der Waals surface area contributed by atoms with Gasteiger partial charge in [-0.25, -0.2) is 0 Å². The summed E-state index contributed by atoms with van der Waals surface area (Å²) in [5.41, 5.74) is 3.91. The second-order valence-electron chi connectivity index (χ2n) is 6.69. The molecule has 2 aliphatic rings. The molecule has 1 aliphatic carbocycles. The first-order valence-corrected chi connectivity index (χ1v) is 9.31. The summed E-state index contributed by atoms with van der Waals surface area (Å²) in [4.78, 5) is 26.3. The van der Waals surface area contributed by atoms with Gasteiger partial charge < -0.3 is 10.2 Å². The van der Waals surface area contributed by atoms with Crippen molar-refractivity contribution in [1.29, 1.82) is 0 Å². The van der Waals surface area contributed by atoms with Gasteiger partial charge in [-0.2, -0.15) is 0 Å². The fourth-order valence-electron chi connectivity index (χ4n) is 3.70. The number of rotatable bonds is 3. The van der Waals surface area contributed by atoms with E-state index < -0.39 is 0 Å². The van der Waals surface area contributed by atoms with Crippen LogP contribution in [0, 0.1) is 5.92 Å². The number of halogens is 1. The lowest BCUT2D eigenvalue weighted by atomic mass is 10.1. The molecule has 25 heavy (non-hydrogen) atoms. The summed E-state index contributed by atoms with van der Waals surface area (Å²) in [6.45, 7) is 2.25. The van der Waals surface area contributed by atoms with E-state index in [0.717, 1.165) is 34.3 Å². The van der Waals surface area contributed by atoms with Crippen LogP contribution in [0.3, 0.4) is 0 Å². The predicted octanol–water partition coefficient (Wildman–Crippen LogP) is 4.10. The molecule has 1 aliphatic heterocycles. The minimum absolute atomic E-state index is 0.0120. The molecular weight excluding hydrogens is 380 g/mol. The van der Waals surface area contributed by atoms with Crippen LogP contribution in [0.25, 0.3) is 0 Å². The lowest BCUT2D eigenvalue weighted by Gasteiger charge is -2.19. The second kappa shape index (κ2) is 6.30. The van der Waals surface area contributed by atoms with E-state index in [1.807, 2.05) is 36.4 Å². The Morgan fingerprint density at radius 2 is 1.96 bits per heavy atom. The number of para-hydroxylation sites is 1. The van der Waals surface area contributed by atoms with Crippen molar-refractivity contribution in [3.05, 3.63) is 58.1 Å². The second-order valence-corrected chi connectivity index (χ2v) is 7.55. The quantitative estimate of drug-likeness (QED) is 0.845. The number of nitrogens with zero attached hydrogens (tertiary/aromatic N) is 1. The summed E-state index contributed by atoms with van der Waals surface area (Å²) in [5, 5.41) is 3.06. The van der Waals surface area contributed by atoms with Gasteiger partial charge >= 0.3 is 0 Å². The number of nitrogens with one attached hydrogen (secondary N) is 1. The van der Waals surface area contributed by atoms with E-state index >= 15 is 0 Å². The third-order valence-electron chi connectivity index (χ3n) is 5.06. The normalized spacial score (nSPS) is 21.0. The monoisotopic (exact) mass is 398 g/mol. The van der Waals surface area contributed by atoms with Crippen LogP contribution >= 0.6 is 15.9 Å². The third kappa shape index (κ3) is 2.97. The fraction of sp³-hybridized carbons (Fsp3) is 0.300. The summed E-state index contributed by atoms with van der Waals surface area (Å²) in [6.07, 6.45) is 1.70. The largest absolute Gasteiger partial charge is 0.324 e. The molecular formula is C20H19BrN2O2. The van der Waals surface area contributed by atoms with Gasteiger partial charge in [0.1, 0.15) is 0 Å². The molecule has 4 nitrogen and oxygen atoms in total. The molecule has 0 spiro atoms. The van der Waals surface area contributed by atoms with Crippen LogP contribution in [-0.2, 0) is 16.0 Å². The van der Waals surface area contributed by atoms with Gasteiger partial charge in [0.25, 0.3) is 0 Å². The molecule has 0 bridgehead atoms. The maximum absolute atomic E-state index is 12.7. The van der Waals surface area contributed by atoms with Gasteiger partial charge in [-0.3, -0.25) is 9.59 Å². The fourth-order valence-corrected chi connectivity index (χ4v) is 4.28. The first kappa shape index (κ1) is 16.3. The topological polar surface area (TPSA) is 49.4 Å². The first-order valence-electron chi connectivity index (χ1n) is 8.51. The van der Waals surface area contributed by atoms with Gasteiger partial charge in [-0.05, 0) is 42.0 Å². The van der Waals surface area contributed by atoms with Crippen molar-refractivity contribution >= 4 is 39.1 Å². The van der Waals surface area contributed by atoms with Gasteiger partial charge in [0.2, 0.25) is 11.8 Å². The Balaban J connectivity index is 1.53. The number of amides is 2. The van der Waals surface area contributed by atoms with E-state index in [1.165, 1.54) is 5.56 Å². The maximum Gasteiger partial charge on any atom is 0.228 e. The van der Waals surface area contributed by atoms with Crippen LogP contribution in [0.5, 0.6) is 0 Å². The first-order chi connectivity index (χ1) is 12.1. The van der Waals surface area contributed by atoms with Crippen molar-refractivity contribution in [2.24, 2.45) is 5.92 Å². The van der Waals surface area contributed by atoms with E-state index in [1.54, 1.807) is 11.8 Å². The SMILES string of the molecule is CC(=O)N1CCc2cccc(NC(=O)C3CC3c3ccccc3Br)c21. The number of carbonyl (C=O) groups excluding carboxylic acids is 2. The zero-order valence-corrected chi connectivity index (χ0v) is 15.5. The Morgan fingerprint density at radius 3 is 2.72 bits per heavy atom. The summed E-state index contributed by atoms with van der Waals surface area (Å²) in [5.74, 6) is 0.292. The zero-order chi connectivity index (χ0) is 17.6. The molecule has 5 heteroatoms. The summed E-state index contributed by atoms with van der Waals surface area (Å²) in [6, 6.07) is 13.9. The molecule has 2 atom stereocenters. The average Bonchev–Trinajstić information content (AvgIpc) is 3.26. The molecule has 0 aromatic heterocycles. The molecule has 2 amide bonds. The number of benzene rings is 2. The van der Waals surface area contributed by atoms with Gasteiger partial charge in [-0.15, -0.1) is 0 Å². The van der Waals surface area contributed by atoms with Crippen LogP contribution in [-0.4, -0.2) is 18.4 Å². The zero-order valence-electron chi connectivity index (χ0n) is 14.0. The van der Waals surface area contributed by atoms with Crippen LogP contribution in [0.2, 0.25) is 0 Å². The van der Waals surface area contributed by atoms with Crippen molar-refractivity contribution in [2.45, 2.75) is 25.7 Å². The Morgan fingerprint density at radius 1 is 1.16 bits per heavy atom. The van der Waals surface area contributed by atoms with Gasteiger partial charge in [-0.1, -0.05) is 46.3 Å². The minimum Gasteiger partial charge on any atom is -0.324 e. The number of hydrogen-bond acceptors (Lipinski definition) is 2. The van der Waals surface area contributed by atoms with E-state index in [2.05, 4.69) is 27.3 Å². The summed E-state index contributed by atoms with van der Waals surface area (Å²) < 4.78 is 1.05. The predicted molar refractivity (Wildman–Crippen MR) is 102 cm³/mol. The van der Waals surface area contributed by atoms with Crippen molar-refractivity contribution in [2.75, 3.05) is 16.8 Å². The Hall–Kier alpha value is -2.14. The number of hydrogen-bond donors (Lipinski definition) is 1. The molecule has 1 heterocycles. The van der Waals surface area contributed by atoms with E-state index in [9.17, 15) is 9.59 Å². The Labute approximate surface area is 155 Å². The minimum atomic E-state index is -0.0123. The van der Waals surface area contributed by atoms with Crippen molar-refractivity contribution in [3.63, 3.8) is 0 Å². The molecule has 1 saturated carbocycles. The van der Waals surface area contributed by atoms with Crippen LogP contribution in [0.15, 0.2) is 46.9 Å². The lowest BCUT2D eigenvalue weighted by Crippen LogP contribution is -2.27. The smallest absolute Gasteiger partial charge is 0.228 e. The lowest BCUT2D eigenvalue weighted by molar-refractivity contribution is -0.118. The molecule has 1 fully saturated rings. The highest BCUT2D eigenvalue weighted by molar-refractivity contribution is 9.10. The molecule has 128 valence electrons. The average molecular weight is 399 g/mol. The van der Waals surface area contributed by atoms with Crippen LogP contribution in [0.4, 0.5) is 11.4 Å². The van der Waals surface area contributed by atoms with Crippen molar-refractivity contribution in [3.8, 4) is 0 Å². The maximum atomic E-state index is 12.7. The van der Waals surface area contributed by atoms with Gasteiger partial charge in [0.15, 0.2) is 0 Å². The Bertz CT molecular complexity index is 865. The van der Waals surface area contributed by atoms with E-state index in [-0.39, 0.29) is 23.7 Å². The van der Waals surface area contributed by atoms with Crippen molar-refractivity contribution < 1.29 is 9.59 Å². The molecule has 4 rings (SSSR count). The highest BCUT2D eigenvalue weighted by Gasteiger charge is 2.45. The highest BCUT2D eigenvalue weighted by atomic mass is 79.9. The molecule has 0 radical (unpaired) electrons. The van der Waals surface area contributed by atoms with E-state index in [0.29, 0.717) is 6.54 Å². The number of fused-ring (bicyclic) bond motifs is 1. The van der Waals surface area contributed by atoms with Crippen LogP contribution < -0.4 is 10.2 Å². The van der Waals surface area contributed by atoms with Crippen molar-refractivity contribution in [1.82, 2.24) is 0 Å². The molecule has 2 unspecified atom stereocenters. The molecule has 2 aromatic rings. The van der Waals surface area contributed by atoms with Crippen LogP contribution in [0.1, 0.15) is 30.4 Å². The molecule has 2 aromatic carbocycles. The summed E-state index contributed by atoms with van der Waals surface area (Å²) in [7, 11) is 0. The molecule has 1 N–H and O–H groups in total. The molecule has 0 saturated heterocycles. The van der Waals surface area contributed by atoms with Gasteiger partial charge in [0.05, 0.1) is 11.4 Å². The summed E-state index contributed by atoms with van der Waals surface area (Å²) >= 11 is 3.57. The third-order valence-corrected chi connectivity index (χ3v) is 5.79. The van der Waals surface area contributed by atoms with E-state index in [4.69, 9.17) is 0 Å². The standard InChI is InChI=1S/C20H19BrN2O2/c1-12(24)23-10-9-13-5-4-8-18(19(13)23)22-20(25)16-11-15(16)14-6-2-3-7-17(14)21/h2-8,15-16H,9-11H2,1H3,(H,22,25). The number of carbonyl (C=O) groups is 2. The number of anilines is 2. The highest BCUT2D eigenvalue weighted by Crippen LogP contribution is 2.50.